The van der Waals surface area contributed by atoms with E-state index in [0.717, 1.165) is 49.5 Å². The van der Waals surface area contributed by atoms with Crippen LogP contribution in [-0.4, -0.2) is 25.7 Å². The molecule has 0 saturated heterocycles. The van der Waals surface area contributed by atoms with Gasteiger partial charge in [-0.05, 0) is 110 Å². The summed E-state index contributed by atoms with van der Waals surface area (Å²) in [6.45, 7) is 7.80. The molecule has 0 unspecified atom stereocenters. The van der Waals surface area contributed by atoms with Gasteiger partial charge in [-0.1, -0.05) is 25.0 Å². The fraction of sp³-hybridized carbons (Fsp3) is 0.760. The van der Waals surface area contributed by atoms with Gasteiger partial charge in [0.2, 0.25) is 0 Å². The van der Waals surface area contributed by atoms with Gasteiger partial charge in [-0.2, -0.15) is 15.0 Å². The van der Waals surface area contributed by atoms with Gasteiger partial charge in [0.25, 0.3) is 0 Å². The average molecular weight is 428 g/mol. The average Bonchev–Trinajstić information content (AvgIpc) is 3.34. The molecule has 0 spiro atoms. The van der Waals surface area contributed by atoms with Gasteiger partial charge in [-0.25, -0.2) is 0 Å². The second kappa shape index (κ2) is 7.68. The molecule has 30 heavy (non-hydrogen) atoms. The van der Waals surface area contributed by atoms with Gasteiger partial charge in [0.15, 0.2) is 0 Å². The summed E-state index contributed by atoms with van der Waals surface area (Å²) in [5.74, 6) is 7.35. The summed E-state index contributed by atoms with van der Waals surface area (Å²) in [5, 5.41) is 21.9. The first kappa shape index (κ1) is 20.6. The van der Waals surface area contributed by atoms with Crippen LogP contribution in [0.3, 0.4) is 0 Å². The molecule has 0 aliphatic heterocycles. The lowest BCUT2D eigenvalue weighted by Gasteiger charge is -2.57. The maximum atomic E-state index is 10.8. The summed E-state index contributed by atoms with van der Waals surface area (Å²) in [7, 11) is 0. The van der Waals surface area contributed by atoms with Gasteiger partial charge in [0.05, 0.1) is 18.9 Å². The fourth-order valence-corrected chi connectivity index (χ4v) is 8.54. The molecule has 4 aliphatic rings. The molecule has 4 nitrogen and oxygen atoms in total. The predicted octanol–water partition coefficient (Wildman–Crippen LogP) is 5.03. The number of nitrogens with zero attached hydrogens (tertiary/aromatic N) is 3. The molecule has 0 amide bonds. The highest BCUT2D eigenvalue weighted by molar-refractivity contribution is 6.30. The van der Waals surface area contributed by atoms with Crippen molar-refractivity contribution < 1.29 is 5.11 Å². The molecule has 5 heteroatoms. The zero-order chi connectivity index (χ0) is 20.9. The van der Waals surface area contributed by atoms with Crippen LogP contribution in [0.4, 0.5) is 0 Å². The number of hydrogen-bond acceptors (Lipinski definition) is 3. The smallest absolute Gasteiger partial charge is 0.127 e. The maximum Gasteiger partial charge on any atom is 0.127 e. The largest absolute Gasteiger partial charge is 0.378 e. The van der Waals surface area contributed by atoms with Gasteiger partial charge >= 0.3 is 0 Å². The molecule has 1 heterocycles. The van der Waals surface area contributed by atoms with Crippen molar-refractivity contribution in [1.82, 2.24) is 15.0 Å². The minimum Gasteiger partial charge on any atom is -0.378 e. The van der Waals surface area contributed by atoms with E-state index in [9.17, 15) is 5.11 Å². The van der Waals surface area contributed by atoms with Crippen molar-refractivity contribution in [2.24, 2.45) is 40.9 Å². The van der Waals surface area contributed by atoms with Crippen molar-refractivity contribution in [3.05, 3.63) is 24.5 Å². The van der Waals surface area contributed by atoms with Crippen LogP contribution in [0.15, 0.2) is 24.5 Å². The van der Waals surface area contributed by atoms with Crippen molar-refractivity contribution in [2.45, 2.75) is 76.9 Å². The first-order valence-electron chi connectivity index (χ1n) is 11.8. The minimum absolute atomic E-state index is 0.373. The van der Waals surface area contributed by atoms with Crippen LogP contribution in [0.5, 0.6) is 0 Å². The second-order valence-corrected chi connectivity index (χ2v) is 11.0. The van der Waals surface area contributed by atoms with E-state index in [-0.39, 0.29) is 0 Å². The molecule has 0 aromatic carbocycles. The van der Waals surface area contributed by atoms with Gasteiger partial charge in [-0.15, -0.1) is 0 Å². The maximum absolute atomic E-state index is 10.8. The molecule has 4 fully saturated rings. The topological polar surface area (TPSA) is 50.9 Å². The molecule has 1 aromatic rings. The highest BCUT2D eigenvalue weighted by Gasteiger charge is 2.58. The van der Waals surface area contributed by atoms with Gasteiger partial charge in [0.1, 0.15) is 5.60 Å². The number of allylic oxidation sites excluding steroid dienone is 1. The molecule has 8 atom stereocenters. The lowest BCUT2D eigenvalue weighted by molar-refractivity contribution is -0.0874. The van der Waals surface area contributed by atoms with Gasteiger partial charge in [0, 0.05) is 5.38 Å². The van der Waals surface area contributed by atoms with Crippen molar-refractivity contribution >= 4 is 11.6 Å². The standard InChI is InChI=1S/C25H34ClN3O/c1-17(16-29-27-13-14-28-29)22-5-6-23-21-4-3-18-15-25(30,11-12-26)10-8-19(18)20(21)7-9-24(22,23)2/h13-14,18-23,30H,1,3-10,15-16H2,2H3/t18-,19+,20-,21-,22-,23+,24-,25+/m1/s1. The number of rotatable bonds is 3. The van der Waals surface area contributed by atoms with Gasteiger partial charge < -0.3 is 5.11 Å². The quantitative estimate of drug-likeness (QED) is 0.543. The van der Waals surface area contributed by atoms with Crippen LogP contribution in [0.1, 0.15) is 64.7 Å². The molecule has 4 aliphatic carbocycles. The monoisotopic (exact) mass is 427 g/mol. The lowest BCUT2D eigenvalue weighted by Crippen LogP contribution is -2.50. The second-order valence-electron chi connectivity index (χ2n) is 10.8. The first-order chi connectivity index (χ1) is 14.4. The SMILES string of the molecule is C=C(Cn1nccn1)[C@H]1CC[C@H]2[C@@H]3CC[C@@H]4C[C@@](O)(C#CCl)CC[C@@H]4[C@H]3CC[C@]12C. The molecular formula is C25H34ClN3O. The zero-order valence-corrected chi connectivity index (χ0v) is 18.8. The van der Waals surface area contributed by atoms with E-state index in [1.165, 1.54) is 44.1 Å². The van der Waals surface area contributed by atoms with Crippen LogP contribution < -0.4 is 0 Å². The van der Waals surface area contributed by atoms with Crippen LogP contribution in [0, 0.1) is 52.2 Å². The van der Waals surface area contributed by atoms with E-state index in [1.54, 1.807) is 17.2 Å². The zero-order valence-electron chi connectivity index (χ0n) is 18.1. The third-order valence-electron chi connectivity index (χ3n) is 9.59. The summed E-state index contributed by atoms with van der Waals surface area (Å²) >= 11 is 5.63. The number of halogens is 1. The van der Waals surface area contributed by atoms with E-state index in [1.807, 2.05) is 0 Å². The Morgan fingerprint density at radius 1 is 1.10 bits per heavy atom. The summed E-state index contributed by atoms with van der Waals surface area (Å²) in [4.78, 5) is 1.78. The van der Waals surface area contributed by atoms with E-state index < -0.39 is 5.60 Å². The highest BCUT2D eigenvalue weighted by atomic mass is 35.5. The molecule has 4 saturated carbocycles. The minimum atomic E-state index is -0.852. The Balaban J connectivity index is 1.31. The first-order valence-corrected chi connectivity index (χ1v) is 12.2. The molecule has 162 valence electrons. The van der Waals surface area contributed by atoms with Crippen molar-refractivity contribution in [3.8, 4) is 11.3 Å². The van der Waals surface area contributed by atoms with E-state index >= 15 is 0 Å². The predicted molar refractivity (Wildman–Crippen MR) is 118 cm³/mol. The van der Waals surface area contributed by atoms with E-state index in [0.29, 0.717) is 17.3 Å². The Hall–Kier alpha value is -1.31. The lowest BCUT2D eigenvalue weighted by atomic mass is 9.48. The molecule has 1 N–H and O–H groups in total. The Morgan fingerprint density at radius 2 is 1.87 bits per heavy atom. The Bertz CT molecular complexity index is 857. The van der Waals surface area contributed by atoms with E-state index in [4.69, 9.17) is 11.6 Å². The molecule has 1 aromatic heterocycles. The number of aliphatic hydroxyl groups is 1. The molecule has 0 radical (unpaired) electrons. The Morgan fingerprint density at radius 3 is 2.63 bits per heavy atom. The van der Waals surface area contributed by atoms with E-state index in [2.05, 4.69) is 35.0 Å². The van der Waals surface area contributed by atoms with Crippen LogP contribution in [-0.2, 0) is 6.54 Å². The third kappa shape index (κ3) is 3.33. The normalized spacial score (nSPS) is 44.9. The fourth-order valence-electron chi connectivity index (χ4n) is 8.37. The van der Waals surface area contributed by atoms with Crippen LogP contribution in [0.2, 0.25) is 0 Å². The number of aromatic nitrogens is 3. The molecular weight excluding hydrogens is 394 g/mol. The highest BCUT2D eigenvalue weighted by Crippen LogP contribution is 2.65. The van der Waals surface area contributed by atoms with Crippen LogP contribution in [0.25, 0.3) is 0 Å². The van der Waals surface area contributed by atoms with Crippen molar-refractivity contribution in [3.63, 3.8) is 0 Å². The summed E-state index contributed by atoms with van der Waals surface area (Å²) in [6, 6.07) is 0. The molecule has 0 bridgehead atoms. The van der Waals surface area contributed by atoms with Crippen molar-refractivity contribution in [1.29, 1.82) is 0 Å². The van der Waals surface area contributed by atoms with Gasteiger partial charge in [-0.3, -0.25) is 0 Å². The van der Waals surface area contributed by atoms with Crippen molar-refractivity contribution in [2.75, 3.05) is 0 Å². The Kier molecular flexibility index (Phi) is 5.27. The Labute approximate surface area is 185 Å². The third-order valence-corrected chi connectivity index (χ3v) is 9.69. The molecule has 5 rings (SSSR count). The summed E-state index contributed by atoms with van der Waals surface area (Å²) in [6.07, 6.45) is 14.0. The summed E-state index contributed by atoms with van der Waals surface area (Å²) < 4.78 is 0. The number of fused-ring (bicyclic) bond motifs is 5. The van der Waals surface area contributed by atoms with Crippen LogP contribution >= 0.6 is 11.6 Å². The number of hydrogen-bond donors (Lipinski definition) is 1. The summed E-state index contributed by atoms with van der Waals surface area (Å²) in [5.41, 5.74) is 0.832.